The summed E-state index contributed by atoms with van der Waals surface area (Å²) in [6.45, 7) is 3.48. The molecule has 0 radical (unpaired) electrons. The van der Waals surface area contributed by atoms with Gasteiger partial charge in [-0.15, -0.1) is 0 Å². The van der Waals surface area contributed by atoms with Crippen molar-refractivity contribution in [1.29, 1.82) is 5.41 Å². The van der Waals surface area contributed by atoms with Crippen LogP contribution in [0.2, 0.25) is 5.02 Å². The van der Waals surface area contributed by atoms with Gasteiger partial charge < -0.3 is 11.1 Å². The van der Waals surface area contributed by atoms with E-state index in [1.54, 1.807) is 18.2 Å². The van der Waals surface area contributed by atoms with Gasteiger partial charge in [0.2, 0.25) is 0 Å². The second-order valence-electron chi connectivity index (χ2n) is 2.36. The standard InChI is InChI=1S/C9H9ClN2/c1-2-9(12)7-5-6(11)3-4-8(7)10/h2-5,12H,1,11H2. The molecule has 3 N–H and O–H groups in total. The van der Waals surface area contributed by atoms with Crippen molar-refractivity contribution < 1.29 is 0 Å². The molecule has 1 aromatic rings. The molecule has 12 heavy (non-hydrogen) atoms. The van der Waals surface area contributed by atoms with Crippen LogP contribution in [0.25, 0.3) is 0 Å². The van der Waals surface area contributed by atoms with Crippen LogP contribution in [0.4, 0.5) is 5.69 Å². The Kier molecular flexibility index (Phi) is 2.51. The van der Waals surface area contributed by atoms with Crippen LogP contribution < -0.4 is 5.73 Å². The van der Waals surface area contributed by atoms with Gasteiger partial charge in [-0.3, -0.25) is 0 Å². The van der Waals surface area contributed by atoms with Crippen molar-refractivity contribution in [1.82, 2.24) is 0 Å². The first-order valence-electron chi connectivity index (χ1n) is 3.41. The molecular weight excluding hydrogens is 172 g/mol. The molecule has 0 spiro atoms. The van der Waals surface area contributed by atoms with Crippen LogP contribution in [-0.4, -0.2) is 5.71 Å². The van der Waals surface area contributed by atoms with E-state index >= 15 is 0 Å². The first kappa shape index (κ1) is 8.81. The minimum atomic E-state index is 0.285. The lowest BCUT2D eigenvalue weighted by Crippen LogP contribution is -1.96. The summed E-state index contributed by atoms with van der Waals surface area (Å²) >= 11 is 5.83. The zero-order valence-electron chi connectivity index (χ0n) is 6.47. The Morgan fingerprint density at radius 2 is 2.25 bits per heavy atom. The molecular formula is C9H9ClN2. The first-order chi connectivity index (χ1) is 5.65. The Labute approximate surface area is 76.2 Å². The number of rotatable bonds is 2. The minimum Gasteiger partial charge on any atom is -0.399 e. The highest BCUT2D eigenvalue weighted by atomic mass is 35.5. The van der Waals surface area contributed by atoms with E-state index < -0.39 is 0 Å². The fraction of sp³-hybridized carbons (Fsp3) is 0. The zero-order valence-corrected chi connectivity index (χ0v) is 7.23. The molecule has 1 aromatic carbocycles. The molecule has 0 saturated carbocycles. The third-order valence-electron chi connectivity index (χ3n) is 1.48. The number of nitrogens with two attached hydrogens (primary N) is 1. The fourth-order valence-corrected chi connectivity index (χ4v) is 1.08. The highest BCUT2D eigenvalue weighted by molar-refractivity contribution is 6.34. The highest BCUT2D eigenvalue weighted by Gasteiger charge is 2.02. The summed E-state index contributed by atoms with van der Waals surface area (Å²) in [5.41, 5.74) is 7.03. The molecule has 0 aliphatic rings. The molecule has 0 fully saturated rings. The van der Waals surface area contributed by atoms with E-state index in [4.69, 9.17) is 22.7 Å². The monoisotopic (exact) mass is 180 g/mol. The fourth-order valence-electron chi connectivity index (χ4n) is 0.859. The number of nitrogen functional groups attached to an aromatic ring is 1. The van der Waals surface area contributed by atoms with Gasteiger partial charge >= 0.3 is 0 Å². The third kappa shape index (κ3) is 1.66. The van der Waals surface area contributed by atoms with Gasteiger partial charge in [-0.05, 0) is 24.3 Å². The molecule has 0 aliphatic carbocycles. The summed E-state index contributed by atoms with van der Waals surface area (Å²) in [4.78, 5) is 0. The van der Waals surface area contributed by atoms with E-state index in [2.05, 4.69) is 6.58 Å². The molecule has 0 heterocycles. The van der Waals surface area contributed by atoms with Crippen LogP contribution in [0.1, 0.15) is 5.56 Å². The molecule has 0 aliphatic heterocycles. The topological polar surface area (TPSA) is 49.9 Å². The average molecular weight is 181 g/mol. The van der Waals surface area contributed by atoms with E-state index in [1.165, 1.54) is 6.08 Å². The Balaban J connectivity index is 3.22. The predicted molar refractivity (Wildman–Crippen MR) is 52.9 cm³/mol. The van der Waals surface area contributed by atoms with Crippen LogP contribution in [0.5, 0.6) is 0 Å². The van der Waals surface area contributed by atoms with Crippen LogP contribution in [0.3, 0.4) is 0 Å². The third-order valence-corrected chi connectivity index (χ3v) is 1.81. The van der Waals surface area contributed by atoms with Crippen LogP contribution in [0.15, 0.2) is 30.9 Å². The van der Waals surface area contributed by atoms with Crippen molar-refractivity contribution in [2.45, 2.75) is 0 Å². The Hall–Kier alpha value is -1.28. The number of hydrogen-bond acceptors (Lipinski definition) is 2. The van der Waals surface area contributed by atoms with Crippen LogP contribution in [0, 0.1) is 5.41 Å². The predicted octanol–water partition coefficient (Wildman–Crippen LogP) is 2.48. The molecule has 0 unspecified atom stereocenters. The molecule has 0 amide bonds. The maximum atomic E-state index is 7.46. The molecule has 62 valence electrons. The largest absolute Gasteiger partial charge is 0.399 e. The van der Waals surface area contributed by atoms with Crippen molar-refractivity contribution in [2.75, 3.05) is 5.73 Å². The van der Waals surface area contributed by atoms with E-state index in [0.717, 1.165) is 0 Å². The number of nitrogens with one attached hydrogen (secondary N) is 1. The minimum absolute atomic E-state index is 0.285. The van der Waals surface area contributed by atoms with Gasteiger partial charge in [0.25, 0.3) is 0 Å². The van der Waals surface area contributed by atoms with Crippen LogP contribution in [-0.2, 0) is 0 Å². The summed E-state index contributed by atoms with van der Waals surface area (Å²) in [6.07, 6.45) is 1.43. The first-order valence-corrected chi connectivity index (χ1v) is 3.79. The number of hydrogen-bond donors (Lipinski definition) is 2. The molecule has 3 heteroatoms. The van der Waals surface area contributed by atoms with Crippen molar-refractivity contribution in [3.8, 4) is 0 Å². The lowest BCUT2D eigenvalue weighted by atomic mass is 10.1. The van der Waals surface area contributed by atoms with Gasteiger partial charge in [0, 0.05) is 11.3 Å². The maximum Gasteiger partial charge on any atom is 0.0622 e. The van der Waals surface area contributed by atoms with E-state index in [-0.39, 0.29) is 5.71 Å². The molecule has 1 rings (SSSR count). The molecule has 0 aromatic heterocycles. The summed E-state index contributed by atoms with van der Waals surface area (Å²) < 4.78 is 0. The lowest BCUT2D eigenvalue weighted by Gasteiger charge is -2.02. The van der Waals surface area contributed by atoms with Gasteiger partial charge in [0.05, 0.1) is 10.7 Å². The molecule has 0 atom stereocenters. The number of allylic oxidation sites excluding steroid dienone is 1. The Bertz CT molecular complexity index is 331. The summed E-state index contributed by atoms with van der Waals surface area (Å²) in [5, 5.41) is 7.98. The lowest BCUT2D eigenvalue weighted by molar-refractivity contribution is 1.49. The van der Waals surface area contributed by atoms with Gasteiger partial charge in [0.15, 0.2) is 0 Å². The molecule has 2 nitrogen and oxygen atoms in total. The number of benzene rings is 1. The van der Waals surface area contributed by atoms with E-state index in [0.29, 0.717) is 16.3 Å². The summed E-state index contributed by atoms with van der Waals surface area (Å²) in [7, 11) is 0. The van der Waals surface area contributed by atoms with Crippen molar-refractivity contribution in [2.24, 2.45) is 0 Å². The number of halogens is 1. The maximum absolute atomic E-state index is 7.46. The smallest absolute Gasteiger partial charge is 0.0622 e. The molecule has 0 saturated heterocycles. The van der Waals surface area contributed by atoms with Crippen molar-refractivity contribution in [3.05, 3.63) is 41.4 Å². The van der Waals surface area contributed by atoms with Gasteiger partial charge in [-0.25, -0.2) is 0 Å². The quantitative estimate of drug-likeness (QED) is 0.533. The second-order valence-corrected chi connectivity index (χ2v) is 2.76. The summed E-state index contributed by atoms with van der Waals surface area (Å²) in [5.74, 6) is 0. The van der Waals surface area contributed by atoms with Gasteiger partial charge in [-0.2, -0.15) is 0 Å². The molecule has 0 bridgehead atoms. The SMILES string of the molecule is C=CC(=N)c1cc(N)ccc1Cl. The zero-order chi connectivity index (χ0) is 9.14. The number of anilines is 1. The van der Waals surface area contributed by atoms with E-state index in [9.17, 15) is 0 Å². The van der Waals surface area contributed by atoms with Crippen molar-refractivity contribution >= 4 is 23.0 Å². The highest BCUT2D eigenvalue weighted by Crippen LogP contribution is 2.19. The summed E-state index contributed by atoms with van der Waals surface area (Å²) in [6, 6.07) is 5.03. The average Bonchev–Trinajstić information content (AvgIpc) is 2.08. The van der Waals surface area contributed by atoms with Crippen molar-refractivity contribution in [3.63, 3.8) is 0 Å². The van der Waals surface area contributed by atoms with Gasteiger partial charge in [-0.1, -0.05) is 18.2 Å². The Morgan fingerprint density at radius 1 is 1.58 bits per heavy atom. The second kappa shape index (κ2) is 3.41. The van der Waals surface area contributed by atoms with Gasteiger partial charge in [0.1, 0.15) is 0 Å². The Morgan fingerprint density at radius 3 is 2.83 bits per heavy atom. The van der Waals surface area contributed by atoms with Crippen LogP contribution >= 0.6 is 11.6 Å². The normalized spacial score (nSPS) is 9.42. The van der Waals surface area contributed by atoms with E-state index in [1.807, 2.05) is 0 Å².